The monoisotopic (exact) mass is 265 g/mol. The van der Waals surface area contributed by atoms with Crippen LogP contribution in [0.5, 0.6) is 0 Å². The molecule has 1 aliphatic rings. The number of hydrogen-bond acceptors (Lipinski definition) is 5. The quantitative estimate of drug-likeness (QED) is 0.475. The molecule has 1 fully saturated rings. The molecular formula is C12H19N5O2. The first-order valence-corrected chi connectivity index (χ1v) is 6.49. The van der Waals surface area contributed by atoms with E-state index < -0.39 is 4.92 Å². The van der Waals surface area contributed by atoms with Crippen molar-refractivity contribution >= 4 is 12.2 Å². The van der Waals surface area contributed by atoms with Gasteiger partial charge in [0.25, 0.3) is 0 Å². The second-order valence-corrected chi connectivity index (χ2v) is 5.05. The Bertz CT molecular complexity index is 486. The minimum Gasteiger partial charge on any atom is -0.390 e. The van der Waals surface area contributed by atoms with Gasteiger partial charge in [-0.3, -0.25) is 5.01 Å². The molecule has 7 heteroatoms. The van der Waals surface area contributed by atoms with Crippen LogP contribution < -0.4 is 0 Å². The molecule has 0 saturated carbocycles. The van der Waals surface area contributed by atoms with Crippen LogP contribution in [0.2, 0.25) is 0 Å². The molecule has 1 saturated heterocycles. The first-order valence-electron chi connectivity index (χ1n) is 6.49. The van der Waals surface area contributed by atoms with E-state index >= 15 is 0 Å². The molecule has 0 aliphatic carbocycles. The number of rotatable bonds is 3. The van der Waals surface area contributed by atoms with Crippen molar-refractivity contribution in [1.82, 2.24) is 14.6 Å². The summed E-state index contributed by atoms with van der Waals surface area (Å²) in [4.78, 5) is 14.0. The Morgan fingerprint density at radius 2 is 2.11 bits per heavy atom. The molecule has 2 heterocycles. The second-order valence-electron chi connectivity index (χ2n) is 5.05. The number of nitro groups is 1. The topological polar surface area (TPSA) is 76.6 Å². The van der Waals surface area contributed by atoms with E-state index in [1.54, 1.807) is 13.3 Å². The molecule has 0 radical (unpaired) electrons. The van der Waals surface area contributed by atoms with Gasteiger partial charge >= 0.3 is 5.95 Å². The van der Waals surface area contributed by atoms with Crippen LogP contribution in [-0.4, -0.2) is 37.8 Å². The number of aromatic nitrogens is 2. The number of imidazole rings is 1. The molecular weight excluding hydrogens is 246 g/mol. The van der Waals surface area contributed by atoms with Gasteiger partial charge in [0, 0.05) is 12.1 Å². The maximum absolute atomic E-state index is 10.7. The molecule has 104 valence electrons. The van der Waals surface area contributed by atoms with Gasteiger partial charge in [0.15, 0.2) is 5.69 Å². The molecule has 0 N–H and O–H groups in total. The standard InChI is InChI=1S/C12H19N5O2/c1-9-5-4-6-10(2)16(9)14-8-11-7-13-12(15(11)3)17(18)19/h7-10H,4-6H2,1-3H3/b14-8+. The lowest BCUT2D eigenvalue weighted by molar-refractivity contribution is -0.396. The Hall–Kier alpha value is -1.92. The number of hydrazone groups is 1. The molecule has 0 aromatic carbocycles. The Balaban J connectivity index is 2.16. The van der Waals surface area contributed by atoms with E-state index in [-0.39, 0.29) is 5.95 Å². The SMILES string of the molecule is CC1CCCC(C)N1/N=C/c1cnc([N+](=O)[O-])n1C. The molecule has 7 nitrogen and oxygen atoms in total. The van der Waals surface area contributed by atoms with Crippen molar-refractivity contribution in [3.63, 3.8) is 0 Å². The van der Waals surface area contributed by atoms with E-state index in [1.807, 2.05) is 0 Å². The van der Waals surface area contributed by atoms with E-state index in [1.165, 1.54) is 17.2 Å². The van der Waals surface area contributed by atoms with Crippen molar-refractivity contribution in [3.8, 4) is 0 Å². The predicted molar refractivity (Wildman–Crippen MR) is 72.1 cm³/mol. The number of nitrogens with zero attached hydrogens (tertiary/aromatic N) is 5. The van der Waals surface area contributed by atoms with Crippen molar-refractivity contribution in [1.29, 1.82) is 0 Å². The molecule has 1 aromatic heterocycles. The molecule has 1 aliphatic heterocycles. The van der Waals surface area contributed by atoms with Crippen molar-refractivity contribution in [2.75, 3.05) is 0 Å². The fourth-order valence-corrected chi connectivity index (χ4v) is 2.46. The van der Waals surface area contributed by atoms with E-state index in [0.717, 1.165) is 12.8 Å². The van der Waals surface area contributed by atoms with Gasteiger partial charge in [-0.1, -0.05) is 4.98 Å². The summed E-state index contributed by atoms with van der Waals surface area (Å²) in [5, 5.41) is 17.3. The first kappa shape index (κ1) is 13.5. The van der Waals surface area contributed by atoms with Crippen LogP contribution >= 0.6 is 0 Å². The third-order valence-corrected chi connectivity index (χ3v) is 3.63. The van der Waals surface area contributed by atoms with Crippen LogP contribution in [0.4, 0.5) is 5.95 Å². The predicted octanol–water partition coefficient (Wildman–Crippen LogP) is 1.93. The normalized spacial score (nSPS) is 24.1. The van der Waals surface area contributed by atoms with Crippen LogP contribution in [0.25, 0.3) is 0 Å². The van der Waals surface area contributed by atoms with E-state index in [4.69, 9.17) is 0 Å². The van der Waals surface area contributed by atoms with Gasteiger partial charge < -0.3 is 10.1 Å². The van der Waals surface area contributed by atoms with Gasteiger partial charge in [0.05, 0.1) is 13.3 Å². The van der Waals surface area contributed by atoms with Crippen molar-refractivity contribution in [3.05, 3.63) is 22.0 Å². The maximum Gasteiger partial charge on any atom is 0.434 e. The van der Waals surface area contributed by atoms with Crippen LogP contribution in [0.3, 0.4) is 0 Å². The lowest BCUT2D eigenvalue weighted by Gasteiger charge is -2.36. The van der Waals surface area contributed by atoms with Crippen LogP contribution in [0.1, 0.15) is 38.8 Å². The molecule has 0 spiro atoms. The third-order valence-electron chi connectivity index (χ3n) is 3.63. The average molecular weight is 265 g/mol. The third kappa shape index (κ3) is 2.74. The highest BCUT2D eigenvalue weighted by atomic mass is 16.6. The second kappa shape index (κ2) is 5.38. The van der Waals surface area contributed by atoms with Gasteiger partial charge in [-0.2, -0.15) is 5.10 Å². The van der Waals surface area contributed by atoms with E-state index in [9.17, 15) is 10.1 Å². The zero-order chi connectivity index (χ0) is 14.0. The molecule has 2 atom stereocenters. The van der Waals surface area contributed by atoms with Crippen molar-refractivity contribution in [2.24, 2.45) is 12.1 Å². The number of piperidine rings is 1. The van der Waals surface area contributed by atoms with E-state index in [0.29, 0.717) is 17.8 Å². The Labute approximate surface area is 112 Å². The molecule has 19 heavy (non-hydrogen) atoms. The van der Waals surface area contributed by atoms with Gasteiger partial charge in [-0.25, -0.2) is 4.57 Å². The zero-order valence-electron chi connectivity index (χ0n) is 11.5. The molecule has 0 amide bonds. The van der Waals surface area contributed by atoms with Crippen LogP contribution in [0, 0.1) is 10.1 Å². The van der Waals surface area contributed by atoms with Gasteiger partial charge in [-0.05, 0) is 38.0 Å². The zero-order valence-corrected chi connectivity index (χ0v) is 11.5. The summed E-state index contributed by atoms with van der Waals surface area (Å²) < 4.78 is 1.43. The van der Waals surface area contributed by atoms with E-state index in [2.05, 4.69) is 28.9 Å². The smallest absolute Gasteiger partial charge is 0.390 e. The minimum atomic E-state index is -0.497. The van der Waals surface area contributed by atoms with Gasteiger partial charge in [0.1, 0.15) is 6.20 Å². The maximum atomic E-state index is 10.7. The van der Waals surface area contributed by atoms with Crippen molar-refractivity contribution < 1.29 is 4.92 Å². The fraction of sp³-hybridized carbons (Fsp3) is 0.667. The summed E-state index contributed by atoms with van der Waals surface area (Å²) in [6, 6.07) is 0.812. The summed E-state index contributed by atoms with van der Waals surface area (Å²) in [7, 11) is 1.62. The summed E-state index contributed by atoms with van der Waals surface area (Å²) in [5.41, 5.74) is 0.636. The highest BCUT2D eigenvalue weighted by Gasteiger charge is 2.23. The molecule has 1 aromatic rings. The Kier molecular flexibility index (Phi) is 3.82. The number of hydrogen-bond donors (Lipinski definition) is 0. The lowest BCUT2D eigenvalue weighted by atomic mass is 10.00. The highest BCUT2D eigenvalue weighted by Crippen LogP contribution is 2.22. The molecule has 2 rings (SSSR count). The molecule has 0 bridgehead atoms. The van der Waals surface area contributed by atoms with Crippen LogP contribution in [0.15, 0.2) is 11.3 Å². The summed E-state index contributed by atoms with van der Waals surface area (Å²) in [5.74, 6) is -0.166. The van der Waals surface area contributed by atoms with Crippen molar-refractivity contribution in [2.45, 2.75) is 45.2 Å². The molecule has 2 unspecified atom stereocenters. The average Bonchev–Trinajstić information content (AvgIpc) is 2.70. The lowest BCUT2D eigenvalue weighted by Crippen LogP contribution is -2.39. The fourth-order valence-electron chi connectivity index (χ4n) is 2.46. The Morgan fingerprint density at radius 3 is 2.63 bits per heavy atom. The Morgan fingerprint density at radius 1 is 1.47 bits per heavy atom. The summed E-state index contributed by atoms with van der Waals surface area (Å²) >= 11 is 0. The van der Waals surface area contributed by atoms with Gasteiger partial charge in [-0.15, -0.1) is 0 Å². The highest BCUT2D eigenvalue weighted by molar-refractivity contribution is 5.77. The van der Waals surface area contributed by atoms with Gasteiger partial charge in [0.2, 0.25) is 0 Å². The van der Waals surface area contributed by atoms with Crippen LogP contribution in [-0.2, 0) is 7.05 Å². The first-order chi connectivity index (χ1) is 9.00. The summed E-state index contributed by atoms with van der Waals surface area (Å²) in [6.07, 6.45) is 6.62. The largest absolute Gasteiger partial charge is 0.434 e. The summed E-state index contributed by atoms with van der Waals surface area (Å²) in [6.45, 7) is 4.30. The minimum absolute atomic E-state index is 0.166.